The van der Waals surface area contributed by atoms with Gasteiger partial charge in [-0.25, -0.2) is 9.59 Å². The highest BCUT2D eigenvalue weighted by molar-refractivity contribution is 5.76. The Kier molecular flexibility index (Phi) is 29.1. The summed E-state index contributed by atoms with van der Waals surface area (Å²) in [7, 11) is 10.5. The topological polar surface area (TPSA) is 433 Å². The third kappa shape index (κ3) is 18.6. The van der Waals surface area contributed by atoms with Gasteiger partial charge in [0.15, 0.2) is 68.1 Å². The van der Waals surface area contributed by atoms with Gasteiger partial charge in [-0.15, -0.1) is 0 Å². The quantitative estimate of drug-likeness (QED) is 0.0278. The molecule has 0 aliphatic carbocycles. The molecule has 0 spiro atoms. The Labute approximate surface area is 515 Å². The summed E-state index contributed by atoms with van der Waals surface area (Å²) in [6, 6.07) is -1.38. The van der Waals surface area contributed by atoms with Crippen LogP contribution < -0.4 is 0 Å². The summed E-state index contributed by atoms with van der Waals surface area (Å²) in [4.78, 5) is 120. The van der Waals surface area contributed by atoms with Crippen molar-refractivity contribution < 1.29 is 162 Å². The second-order valence-electron chi connectivity index (χ2n) is 20.3. The lowest BCUT2D eigenvalue weighted by Gasteiger charge is -2.51. The van der Waals surface area contributed by atoms with Crippen molar-refractivity contribution in [2.75, 3.05) is 83.8 Å². The van der Waals surface area contributed by atoms with Crippen LogP contribution in [0.1, 0.15) is 48.5 Å². The van der Waals surface area contributed by atoms with Gasteiger partial charge in [0, 0.05) is 103 Å². The normalized spacial score (nSPS) is 36.7. The Morgan fingerprint density at radius 2 is 0.644 bits per heavy atom. The Bertz CT molecular complexity index is 2490. The Hall–Kier alpha value is -6.10. The molecule has 5 saturated heterocycles. The fraction of sp³-hybridized carbons (Fsp3) is 0.830. The first-order chi connectivity index (χ1) is 42.8. The number of esters is 9. The van der Waals surface area contributed by atoms with Crippen molar-refractivity contribution in [3.63, 3.8) is 0 Å². The number of rotatable bonds is 28. The van der Waals surface area contributed by atoms with Crippen molar-refractivity contribution >= 4 is 53.7 Å². The molecule has 0 N–H and O–H groups in total. The zero-order chi connectivity index (χ0) is 66.8. The minimum absolute atomic E-state index is 0.406. The van der Waals surface area contributed by atoms with Crippen LogP contribution in [0, 0.1) is 0 Å². The molecular weight excluding hydrogens is 1220 g/mol. The molecule has 5 aliphatic rings. The van der Waals surface area contributed by atoms with E-state index in [4.69, 9.17) is 118 Å². The van der Waals surface area contributed by atoms with E-state index >= 15 is 0 Å². The zero-order valence-corrected chi connectivity index (χ0v) is 52.3. The van der Waals surface area contributed by atoms with E-state index in [1.165, 1.54) is 42.7 Å². The number of carbonyl (C=O) groups is 9. The molecule has 5 aliphatic heterocycles. The lowest BCUT2D eigenvalue weighted by Crippen LogP contribution is -2.70. The molecule has 37 heteroatoms. The number of azide groups is 1. The summed E-state index contributed by atoms with van der Waals surface area (Å²) >= 11 is 0. The van der Waals surface area contributed by atoms with E-state index in [9.17, 15) is 48.7 Å². The second-order valence-corrected chi connectivity index (χ2v) is 20.3. The van der Waals surface area contributed by atoms with E-state index in [1.54, 1.807) is 0 Å². The standard InChI is InChI=1S/C53H79N3O34/c1-20(57)75-17-27-31(66-8)34(67-9)30(55-56-54)49(82-27)87-39-35(68-10)43(70-12)51(89-41(39)47(64)72-14)86-33-29(19-77-22(3)59)84-53(46(81-26(7)63)38(33)79-24(5)61)88-40-36(69-11)44(71-13)52(90-42(40)48(65)73-15)85-32-28(18-76-21(2)58)83-50(74-16)45(80-25(6)62)37(32)78-23(4)60/h27-46,49-53H,17-19H2,1-16H3/t27?,28?,29-,30?,31?,32+,33+,34+,35-,36?,37-,38?,39-,40-,41?,42+,43?,44?,45?,46?,49+,50-,51+,52+,53+/m0/s1. The Morgan fingerprint density at radius 1 is 0.333 bits per heavy atom. The first kappa shape index (κ1) is 74.6. The van der Waals surface area contributed by atoms with Crippen molar-refractivity contribution in [3.8, 4) is 0 Å². The number of ether oxygens (including phenoxy) is 25. The van der Waals surface area contributed by atoms with Crippen LogP contribution in [-0.2, 0) is 162 Å². The molecule has 0 radical (unpaired) electrons. The Balaban J connectivity index is 1.59. The summed E-state index contributed by atoms with van der Waals surface area (Å²) in [5.74, 6) is -8.50. The molecule has 0 aromatic rings. The van der Waals surface area contributed by atoms with Crippen molar-refractivity contribution in [1.29, 1.82) is 0 Å². The fourth-order valence-corrected chi connectivity index (χ4v) is 10.8. The first-order valence-electron chi connectivity index (χ1n) is 27.7. The SMILES string of the molecule is COC(=O)C1O[C@@H](O[C@H]2C(OC(C)=O)C(OC(C)=O)[C@@H](O[C@H]3C(OC)C(OC)[C@H](O[C@@H]4C(COC(C)=O)O[C@H](OC)C(OC(C)=O)[C@H]4OC(C)=O)O[C@H]3C(=O)OC)O[C@H]2COC(C)=O)C(OC)[C@@H](OC)[C@@H]1O[C@H]1OC(COC(C)=O)C(OC)[C@H](OC)C1N=[N+]=[N-]. The average Bonchev–Trinajstić information content (AvgIpc) is 1.38. The summed E-state index contributed by atoms with van der Waals surface area (Å²) in [6.07, 6.45) is -39.1. The Morgan fingerprint density at radius 3 is 0.978 bits per heavy atom. The number of hydrogen-bond donors (Lipinski definition) is 0. The van der Waals surface area contributed by atoms with Crippen molar-refractivity contribution in [2.45, 2.75) is 202 Å². The third-order valence-electron chi connectivity index (χ3n) is 14.4. The molecule has 0 aromatic carbocycles. The lowest BCUT2D eigenvalue weighted by molar-refractivity contribution is -0.390. The van der Waals surface area contributed by atoms with Gasteiger partial charge in [0.1, 0.15) is 99.1 Å². The highest BCUT2D eigenvalue weighted by atomic mass is 16.8. The van der Waals surface area contributed by atoms with Gasteiger partial charge in [-0.2, -0.15) is 0 Å². The third-order valence-corrected chi connectivity index (χ3v) is 14.4. The van der Waals surface area contributed by atoms with Crippen LogP contribution in [-0.4, -0.2) is 291 Å². The van der Waals surface area contributed by atoms with Crippen LogP contribution >= 0.6 is 0 Å². The van der Waals surface area contributed by atoms with Crippen LogP contribution in [0.3, 0.4) is 0 Å². The van der Waals surface area contributed by atoms with Gasteiger partial charge >= 0.3 is 53.7 Å². The summed E-state index contributed by atoms with van der Waals surface area (Å²) in [5, 5.41) is 3.85. The summed E-state index contributed by atoms with van der Waals surface area (Å²) in [6.45, 7) is 5.60. The molecule has 5 fully saturated rings. The van der Waals surface area contributed by atoms with Crippen LogP contribution in [0.2, 0.25) is 0 Å². The molecule has 37 nitrogen and oxygen atoms in total. The van der Waals surface area contributed by atoms with Gasteiger partial charge in [0.2, 0.25) is 0 Å². The molecule has 90 heavy (non-hydrogen) atoms. The molecule has 0 amide bonds. The maximum Gasteiger partial charge on any atom is 0.337 e. The number of nitrogens with zero attached hydrogens (tertiary/aromatic N) is 3. The predicted octanol–water partition coefficient (Wildman–Crippen LogP) is -1.67. The van der Waals surface area contributed by atoms with Crippen molar-refractivity contribution in [1.82, 2.24) is 0 Å². The van der Waals surface area contributed by atoms with E-state index in [-0.39, 0.29) is 0 Å². The van der Waals surface area contributed by atoms with Crippen LogP contribution in [0.4, 0.5) is 0 Å². The lowest BCUT2D eigenvalue weighted by atomic mass is 9.94. The summed E-state index contributed by atoms with van der Waals surface area (Å²) in [5.41, 5.74) is 9.72. The molecule has 11 unspecified atom stereocenters. The minimum atomic E-state index is -2.04. The molecule has 510 valence electrons. The molecular formula is C53H79N3O34. The fourth-order valence-electron chi connectivity index (χ4n) is 10.8. The minimum Gasteiger partial charge on any atom is -0.467 e. The number of carbonyl (C=O) groups excluding carboxylic acids is 9. The van der Waals surface area contributed by atoms with Gasteiger partial charge in [-0.3, -0.25) is 33.6 Å². The number of hydrogen-bond acceptors (Lipinski definition) is 35. The van der Waals surface area contributed by atoms with E-state index in [2.05, 4.69) is 10.0 Å². The average molecular weight is 1300 g/mol. The van der Waals surface area contributed by atoms with Crippen molar-refractivity contribution in [3.05, 3.63) is 10.4 Å². The summed E-state index contributed by atoms with van der Waals surface area (Å²) < 4.78 is 147. The van der Waals surface area contributed by atoms with Gasteiger partial charge < -0.3 is 118 Å². The molecule has 5 heterocycles. The van der Waals surface area contributed by atoms with Crippen LogP contribution in [0.15, 0.2) is 5.11 Å². The van der Waals surface area contributed by atoms with Gasteiger partial charge in [-0.1, -0.05) is 5.11 Å². The smallest absolute Gasteiger partial charge is 0.337 e. The van der Waals surface area contributed by atoms with Crippen molar-refractivity contribution in [2.24, 2.45) is 5.11 Å². The maximum atomic E-state index is 14.1. The number of methoxy groups -OCH3 is 9. The van der Waals surface area contributed by atoms with Crippen LogP contribution in [0.5, 0.6) is 0 Å². The molecule has 0 saturated carbocycles. The zero-order valence-electron chi connectivity index (χ0n) is 52.3. The van der Waals surface area contributed by atoms with E-state index in [0.29, 0.717) is 0 Å². The first-order valence-corrected chi connectivity index (χ1v) is 27.7. The highest BCUT2D eigenvalue weighted by Crippen LogP contribution is 2.41. The van der Waals surface area contributed by atoms with Crippen LogP contribution in [0.25, 0.3) is 10.4 Å². The van der Waals surface area contributed by atoms with Gasteiger partial charge in [0.05, 0.1) is 20.3 Å². The molecule has 0 bridgehead atoms. The van der Waals surface area contributed by atoms with Gasteiger partial charge in [0.25, 0.3) is 0 Å². The largest absolute Gasteiger partial charge is 0.467 e. The monoisotopic (exact) mass is 1300 g/mol. The molecule has 25 atom stereocenters. The van der Waals surface area contributed by atoms with E-state index in [1.807, 2.05) is 0 Å². The molecule has 5 rings (SSSR count). The maximum absolute atomic E-state index is 14.1. The van der Waals surface area contributed by atoms with E-state index < -0.39 is 227 Å². The van der Waals surface area contributed by atoms with Gasteiger partial charge in [-0.05, 0) is 5.53 Å². The predicted molar refractivity (Wildman–Crippen MR) is 284 cm³/mol. The van der Waals surface area contributed by atoms with E-state index in [0.717, 1.165) is 69.8 Å². The highest BCUT2D eigenvalue weighted by Gasteiger charge is 2.62. The second kappa shape index (κ2) is 35.1. The molecule has 0 aromatic heterocycles.